The zero-order chi connectivity index (χ0) is 13.4. The summed E-state index contributed by atoms with van der Waals surface area (Å²) < 4.78 is 5.23. The van der Waals surface area contributed by atoms with Gasteiger partial charge in [-0.3, -0.25) is 4.90 Å². The van der Waals surface area contributed by atoms with Gasteiger partial charge in [0, 0.05) is 32.8 Å². The van der Waals surface area contributed by atoms with E-state index in [0.29, 0.717) is 6.04 Å². The maximum Gasteiger partial charge on any atom is 0.0589 e. The predicted molar refractivity (Wildman–Crippen MR) is 78.0 cm³/mol. The van der Waals surface area contributed by atoms with Gasteiger partial charge in [0.25, 0.3) is 0 Å². The topological polar surface area (TPSA) is 24.5 Å². The first-order chi connectivity index (χ1) is 8.67. The van der Waals surface area contributed by atoms with Gasteiger partial charge in [0.1, 0.15) is 0 Å². The highest BCUT2D eigenvalue weighted by Gasteiger charge is 2.31. The Bertz CT molecular complexity index is 205. The van der Waals surface area contributed by atoms with Crippen LogP contribution >= 0.6 is 0 Å². The molecule has 0 aromatic carbocycles. The standard InChI is InChI=1S/C15H32N2O/c1-5-8-16-15(14-6-7-14)12-17(9-10-18-4)11-13(2)3/h13-16H,5-12H2,1-4H3. The minimum Gasteiger partial charge on any atom is -0.383 e. The molecule has 18 heavy (non-hydrogen) atoms. The summed E-state index contributed by atoms with van der Waals surface area (Å²) in [6, 6.07) is 0.695. The number of rotatable bonds is 11. The van der Waals surface area contributed by atoms with Crippen LogP contribution in [0.5, 0.6) is 0 Å². The molecule has 1 saturated carbocycles. The van der Waals surface area contributed by atoms with Gasteiger partial charge in [0.2, 0.25) is 0 Å². The fourth-order valence-corrected chi connectivity index (χ4v) is 2.48. The molecule has 0 aromatic rings. The number of hydrogen-bond donors (Lipinski definition) is 1. The number of hydrogen-bond acceptors (Lipinski definition) is 3. The van der Waals surface area contributed by atoms with E-state index < -0.39 is 0 Å². The van der Waals surface area contributed by atoms with Crippen LogP contribution in [0.1, 0.15) is 40.0 Å². The van der Waals surface area contributed by atoms with Gasteiger partial charge in [-0.15, -0.1) is 0 Å². The maximum absolute atomic E-state index is 5.23. The highest BCUT2D eigenvalue weighted by molar-refractivity contribution is 4.88. The average molecular weight is 256 g/mol. The second-order valence-electron chi connectivity index (χ2n) is 6.04. The lowest BCUT2D eigenvalue weighted by molar-refractivity contribution is 0.130. The van der Waals surface area contributed by atoms with Gasteiger partial charge in [0.15, 0.2) is 0 Å². The smallest absolute Gasteiger partial charge is 0.0589 e. The first-order valence-corrected chi connectivity index (χ1v) is 7.62. The van der Waals surface area contributed by atoms with Crippen molar-refractivity contribution in [3.63, 3.8) is 0 Å². The molecule has 0 radical (unpaired) electrons. The summed E-state index contributed by atoms with van der Waals surface area (Å²) in [5.74, 6) is 1.65. The van der Waals surface area contributed by atoms with Crippen LogP contribution in [0.2, 0.25) is 0 Å². The molecule has 1 aliphatic carbocycles. The summed E-state index contributed by atoms with van der Waals surface area (Å²) in [5, 5.41) is 3.73. The molecule has 1 unspecified atom stereocenters. The molecular weight excluding hydrogens is 224 g/mol. The van der Waals surface area contributed by atoms with Gasteiger partial charge >= 0.3 is 0 Å². The van der Waals surface area contributed by atoms with Crippen LogP contribution < -0.4 is 5.32 Å². The van der Waals surface area contributed by atoms with E-state index in [1.54, 1.807) is 7.11 Å². The number of nitrogens with one attached hydrogen (secondary N) is 1. The number of methoxy groups -OCH3 is 1. The lowest BCUT2D eigenvalue weighted by Gasteiger charge is -2.29. The van der Waals surface area contributed by atoms with Gasteiger partial charge in [0.05, 0.1) is 6.61 Å². The molecule has 1 rings (SSSR count). The highest BCUT2D eigenvalue weighted by Crippen LogP contribution is 2.33. The normalized spacial score (nSPS) is 17.7. The molecule has 0 spiro atoms. The zero-order valence-corrected chi connectivity index (χ0v) is 12.7. The summed E-state index contributed by atoms with van der Waals surface area (Å²) in [6.45, 7) is 12.3. The molecule has 1 atom stereocenters. The lowest BCUT2D eigenvalue weighted by atomic mass is 10.1. The third kappa shape index (κ3) is 6.72. The Morgan fingerprint density at radius 1 is 1.28 bits per heavy atom. The number of ether oxygens (including phenoxy) is 1. The zero-order valence-electron chi connectivity index (χ0n) is 12.7. The van der Waals surface area contributed by atoms with Crippen LogP contribution in [0.3, 0.4) is 0 Å². The van der Waals surface area contributed by atoms with Gasteiger partial charge in [-0.25, -0.2) is 0 Å². The van der Waals surface area contributed by atoms with Crippen LogP contribution in [0.4, 0.5) is 0 Å². The molecule has 1 N–H and O–H groups in total. The van der Waals surface area contributed by atoms with Crippen LogP contribution in [0, 0.1) is 11.8 Å². The Balaban J connectivity index is 2.38. The van der Waals surface area contributed by atoms with E-state index in [1.165, 1.54) is 32.4 Å². The van der Waals surface area contributed by atoms with Crippen LogP contribution in [0.15, 0.2) is 0 Å². The molecule has 1 fully saturated rings. The van der Waals surface area contributed by atoms with E-state index in [0.717, 1.165) is 31.5 Å². The molecule has 0 saturated heterocycles. The van der Waals surface area contributed by atoms with Crippen molar-refractivity contribution in [2.24, 2.45) is 11.8 Å². The minimum atomic E-state index is 0.695. The van der Waals surface area contributed by atoms with Crippen molar-refractivity contribution in [3.05, 3.63) is 0 Å². The van der Waals surface area contributed by atoms with Crippen molar-refractivity contribution in [2.75, 3.05) is 39.9 Å². The van der Waals surface area contributed by atoms with E-state index in [-0.39, 0.29) is 0 Å². The monoisotopic (exact) mass is 256 g/mol. The van der Waals surface area contributed by atoms with E-state index in [1.807, 2.05) is 0 Å². The maximum atomic E-state index is 5.23. The Morgan fingerprint density at radius 2 is 2.00 bits per heavy atom. The van der Waals surface area contributed by atoms with E-state index in [9.17, 15) is 0 Å². The Labute approximate surface area is 113 Å². The average Bonchev–Trinajstić information content (AvgIpc) is 3.14. The minimum absolute atomic E-state index is 0.695. The molecule has 0 bridgehead atoms. The van der Waals surface area contributed by atoms with Gasteiger partial charge in [-0.2, -0.15) is 0 Å². The molecule has 0 amide bonds. The molecule has 1 aliphatic rings. The van der Waals surface area contributed by atoms with Crippen molar-refractivity contribution in [3.8, 4) is 0 Å². The summed E-state index contributed by atoms with van der Waals surface area (Å²) in [7, 11) is 1.79. The third-order valence-electron chi connectivity index (χ3n) is 3.54. The SMILES string of the molecule is CCCNC(CN(CCOC)CC(C)C)C1CC1. The van der Waals surface area contributed by atoms with Crippen molar-refractivity contribution in [1.29, 1.82) is 0 Å². The van der Waals surface area contributed by atoms with Gasteiger partial charge in [-0.1, -0.05) is 20.8 Å². The summed E-state index contributed by atoms with van der Waals surface area (Å²) in [4.78, 5) is 2.57. The Hall–Kier alpha value is -0.120. The number of nitrogens with zero attached hydrogens (tertiary/aromatic N) is 1. The summed E-state index contributed by atoms with van der Waals surface area (Å²) in [6.07, 6.45) is 4.06. The van der Waals surface area contributed by atoms with E-state index >= 15 is 0 Å². The Kier molecular flexibility index (Phi) is 7.87. The molecule has 108 valence electrons. The molecule has 0 aromatic heterocycles. The van der Waals surface area contributed by atoms with E-state index in [2.05, 4.69) is 31.0 Å². The first kappa shape index (κ1) is 15.9. The molecule has 3 nitrogen and oxygen atoms in total. The highest BCUT2D eigenvalue weighted by atomic mass is 16.5. The van der Waals surface area contributed by atoms with Crippen LogP contribution in [0.25, 0.3) is 0 Å². The summed E-state index contributed by atoms with van der Waals surface area (Å²) >= 11 is 0. The second-order valence-corrected chi connectivity index (χ2v) is 6.04. The fourth-order valence-electron chi connectivity index (χ4n) is 2.48. The van der Waals surface area contributed by atoms with Crippen LogP contribution in [-0.2, 0) is 4.74 Å². The molecule has 3 heteroatoms. The lowest BCUT2D eigenvalue weighted by Crippen LogP contribution is -2.45. The predicted octanol–water partition coefficient (Wildman–Crippen LogP) is 2.37. The van der Waals surface area contributed by atoms with Crippen LogP contribution in [-0.4, -0.2) is 50.8 Å². The van der Waals surface area contributed by atoms with Gasteiger partial charge < -0.3 is 10.1 Å². The molecule has 0 heterocycles. The molecule has 0 aliphatic heterocycles. The summed E-state index contributed by atoms with van der Waals surface area (Å²) in [5.41, 5.74) is 0. The Morgan fingerprint density at radius 3 is 2.50 bits per heavy atom. The molecular formula is C15H32N2O. The largest absolute Gasteiger partial charge is 0.383 e. The van der Waals surface area contributed by atoms with Gasteiger partial charge in [-0.05, 0) is 37.6 Å². The van der Waals surface area contributed by atoms with E-state index in [4.69, 9.17) is 4.74 Å². The van der Waals surface area contributed by atoms with Crippen molar-refractivity contribution < 1.29 is 4.74 Å². The first-order valence-electron chi connectivity index (χ1n) is 7.62. The van der Waals surface area contributed by atoms with Crippen molar-refractivity contribution >= 4 is 0 Å². The third-order valence-corrected chi connectivity index (χ3v) is 3.54. The quantitative estimate of drug-likeness (QED) is 0.614. The van der Waals surface area contributed by atoms with Crippen molar-refractivity contribution in [2.45, 2.75) is 46.1 Å². The van der Waals surface area contributed by atoms with Crippen molar-refractivity contribution in [1.82, 2.24) is 10.2 Å². The fraction of sp³-hybridized carbons (Fsp3) is 1.00. The second kappa shape index (κ2) is 8.89.